The van der Waals surface area contributed by atoms with Crippen molar-refractivity contribution in [2.45, 2.75) is 103 Å². The van der Waals surface area contributed by atoms with Crippen molar-refractivity contribution in [2.24, 2.45) is 11.8 Å². The van der Waals surface area contributed by atoms with Crippen molar-refractivity contribution in [1.82, 2.24) is 0 Å². The fourth-order valence-electron chi connectivity index (χ4n) is 4.55. The molecule has 0 aromatic carbocycles. The third-order valence-corrected chi connectivity index (χ3v) is 6.66. The molecular weight excluding hydrogens is 400 g/mol. The summed E-state index contributed by atoms with van der Waals surface area (Å²) in [5.41, 5.74) is -0.948. The molecule has 2 rings (SSSR count). The summed E-state index contributed by atoms with van der Waals surface area (Å²) in [6.45, 7) is 14.0. The Morgan fingerprint density at radius 3 is 1.84 bits per heavy atom. The van der Waals surface area contributed by atoms with Gasteiger partial charge in [0.25, 0.3) is 0 Å². The molecule has 2 heterocycles. The van der Waals surface area contributed by atoms with Gasteiger partial charge in [0.1, 0.15) is 17.8 Å². The van der Waals surface area contributed by atoms with Crippen LogP contribution in [-0.4, -0.2) is 75.1 Å². The maximum atomic E-state index is 9.52. The first-order chi connectivity index (χ1) is 14.6. The molecule has 1 N–H and O–H groups in total. The zero-order valence-electron chi connectivity index (χ0n) is 21.1. The lowest BCUT2D eigenvalue weighted by Crippen LogP contribution is -2.40. The maximum absolute atomic E-state index is 9.52. The molecule has 2 fully saturated rings. The summed E-state index contributed by atoms with van der Waals surface area (Å²) >= 11 is 0. The molecule has 5 unspecified atom stereocenters. The summed E-state index contributed by atoms with van der Waals surface area (Å²) in [4.78, 5) is 0. The van der Waals surface area contributed by atoms with Crippen LogP contribution in [0.4, 0.5) is 0 Å². The van der Waals surface area contributed by atoms with E-state index in [2.05, 4.69) is 25.7 Å². The second-order valence-electron chi connectivity index (χ2n) is 8.57. The highest BCUT2D eigenvalue weighted by Crippen LogP contribution is 2.41. The lowest BCUT2D eigenvalue weighted by Gasteiger charge is -2.30. The summed E-state index contributed by atoms with van der Waals surface area (Å²) < 4.78 is 33.5. The Hall–Kier alpha value is -0.720. The van der Waals surface area contributed by atoms with Gasteiger partial charge in [-0.25, -0.2) is 0 Å². The van der Waals surface area contributed by atoms with Crippen LogP contribution in [0.3, 0.4) is 0 Å². The normalized spacial score (nSPS) is 39.7. The lowest BCUT2D eigenvalue weighted by atomic mass is 9.85. The van der Waals surface area contributed by atoms with Crippen molar-refractivity contribution >= 4 is 0 Å². The lowest BCUT2D eigenvalue weighted by molar-refractivity contribution is -0.196. The maximum Gasteiger partial charge on any atom is 0.185 e. The second-order valence-corrected chi connectivity index (χ2v) is 8.57. The SMILES string of the molecule is CC#C[C@]1(CC)OC(OC)C(OC)C1C.CC[C@@]1(CO)O[C@H](OC)C(OC(C)C)C1C. The fourth-order valence-corrected chi connectivity index (χ4v) is 4.55. The van der Waals surface area contributed by atoms with Gasteiger partial charge in [-0.3, -0.25) is 0 Å². The molecule has 8 atom stereocenters. The summed E-state index contributed by atoms with van der Waals surface area (Å²) in [6, 6.07) is 0. The van der Waals surface area contributed by atoms with Crippen molar-refractivity contribution < 1.29 is 33.5 Å². The standard InChI is InChI=1S/C12H24O4.C12H20O3/c1-6-12(7-13)9(4)10(15-8(2)3)11(14-5)16-12;1-6-8-12(7-2)9(3)10(13-4)11(14-5)15-12/h8-11,13H,6-7H2,1-5H3;9-11H,7H2,1-5H3/t9?,10?,11-,12-;9?,10?,11?,12-/m00/s1. The van der Waals surface area contributed by atoms with Crippen molar-refractivity contribution in [3.63, 3.8) is 0 Å². The van der Waals surface area contributed by atoms with E-state index in [1.807, 2.05) is 34.6 Å². The average Bonchev–Trinajstić information content (AvgIpc) is 3.20. The topological polar surface area (TPSA) is 75.6 Å². The van der Waals surface area contributed by atoms with Crippen LogP contribution < -0.4 is 0 Å². The van der Waals surface area contributed by atoms with Gasteiger partial charge >= 0.3 is 0 Å². The van der Waals surface area contributed by atoms with Gasteiger partial charge in [0.15, 0.2) is 12.6 Å². The van der Waals surface area contributed by atoms with Gasteiger partial charge in [0.2, 0.25) is 0 Å². The average molecular weight is 445 g/mol. The van der Waals surface area contributed by atoms with E-state index in [0.29, 0.717) is 0 Å². The van der Waals surface area contributed by atoms with Crippen LogP contribution in [0, 0.1) is 23.7 Å². The Morgan fingerprint density at radius 2 is 1.48 bits per heavy atom. The second kappa shape index (κ2) is 12.5. The van der Waals surface area contributed by atoms with E-state index in [9.17, 15) is 5.11 Å². The third kappa shape index (κ3) is 6.00. The number of aliphatic hydroxyl groups excluding tert-OH is 1. The molecule has 0 saturated carbocycles. The minimum atomic E-state index is -0.528. The van der Waals surface area contributed by atoms with E-state index in [1.165, 1.54) is 0 Å². The van der Waals surface area contributed by atoms with Crippen LogP contribution in [0.5, 0.6) is 0 Å². The van der Waals surface area contributed by atoms with Gasteiger partial charge in [0.05, 0.1) is 18.3 Å². The van der Waals surface area contributed by atoms with E-state index < -0.39 is 11.2 Å². The van der Waals surface area contributed by atoms with Crippen LogP contribution in [-0.2, 0) is 28.4 Å². The third-order valence-electron chi connectivity index (χ3n) is 6.66. The number of ether oxygens (including phenoxy) is 6. The Bertz CT molecular complexity index is 580. The van der Waals surface area contributed by atoms with Crippen LogP contribution in [0.1, 0.15) is 61.3 Å². The molecule has 0 aliphatic carbocycles. The van der Waals surface area contributed by atoms with Crippen molar-refractivity contribution in [3.8, 4) is 11.8 Å². The van der Waals surface area contributed by atoms with Crippen molar-refractivity contribution in [3.05, 3.63) is 0 Å². The fraction of sp³-hybridized carbons (Fsp3) is 0.917. The predicted molar refractivity (Wildman–Crippen MR) is 119 cm³/mol. The molecule has 7 heteroatoms. The van der Waals surface area contributed by atoms with E-state index in [0.717, 1.165) is 12.8 Å². The number of hydrogen-bond acceptors (Lipinski definition) is 7. The van der Waals surface area contributed by atoms with Gasteiger partial charge in [-0.05, 0) is 33.6 Å². The molecule has 31 heavy (non-hydrogen) atoms. The number of methoxy groups -OCH3 is 3. The van der Waals surface area contributed by atoms with Crippen LogP contribution in [0.2, 0.25) is 0 Å². The molecular formula is C24H44O7. The molecule has 0 bridgehead atoms. The first-order valence-electron chi connectivity index (χ1n) is 11.3. The Labute approximate surface area is 189 Å². The Kier molecular flexibility index (Phi) is 11.4. The minimum absolute atomic E-state index is 0.00246. The first kappa shape index (κ1) is 28.3. The molecule has 0 radical (unpaired) electrons. The highest BCUT2D eigenvalue weighted by Gasteiger charge is 2.53. The number of rotatable bonds is 8. The molecule has 0 amide bonds. The number of aliphatic hydroxyl groups is 1. The molecule has 0 aromatic heterocycles. The monoisotopic (exact) mass is 444 g/mol. The summed E-state index contributed by atoms with van der Waals surface area (Å²) in [5, 5.41) is 9.52. The highest BCUT2D eigenvalue weighted by molar-refractivity contribution is 5.19. The summed E-state index contributed by atoms with van der Waals surface area (Å²) in [5.74, 6) is 6.42. The van der Waals surface area contributed by atoms with Crippen molar-refractivity contribution in [1.29, 1.82) is 0 Å². The van der Waals surface area contributed by atoms with Gasteiger partial charge in [-0.15, -0.1) is 5.92 Å². The highest BCUT2D eigenvalue weighted by atomic mass is 16.7. The molecule has 7 nitrogen and oxygen atoms in total. The molecule has 2 aliphatic rings. The van der Waals surface area contributed by atoms with Crippen LogP contribution >= 0.6 is 0 Å². The molecule has 2 saturated heterocycles. The van der Waals surface area contributed by atoms with Gasteiger partial charge in [-0.1, -0.05) is 33.6 Å². The van der Waals surface area contributed by atoms with Crippen molar-refractivity contribution in [2.75, 3.05) is 27.9 Å². The Balaban J connectivity index is 0.000000311. The smallest absolute Gasteiger partial charge is 0.185 e. The van der Waals surface area contributed by atoms with Crippen LogP contribution in [0.25, 0.3) is 0 Å². The van der Waals surface area contributed by atoms with E-state index in [4.69, 9.17) is 28.4 Å². The molecule has 0 aromatic rings. The first-order valence-corrected chi connectivity index (χ1v) is 11.3. The minimum Gasteiger partial charge on any atom is -0.393 e. The summed E-state index contributed by atoms with van der Waals surface area (Å²) in [7, 11) is 4.92. The van der Waals surface area contributed by atoms with E-state index >= 15 is 0 Å². The van der Waals surface area contributed by atoms with E-state index in [1.54, 1.807) is 21.3 Å². The predicted octanol–water partition coefficient (Wildman–Crippen LogP) is 3.37. The number of hydrogen-bond donors (Lipinski definition) is 1. The van der Waals surface area contributed by atoms with Gasteiger partial charge in [0, 0.05) is 33.2 Å². The van der Waals surface area contributed by atoms with Crippen LogP contribution in [0.15, 0.2) is 0 Å². The molecule has 182 valence electrons. The Morgan fingerprint density at radius 1 is 0.903 bits per heavy atom. The van der Waals surface area contributed by atoms with Gasteiger partial charge < -0.3 is 33.5 Å². The van der Waals surface area contributed by atoms with Gasteiger partial charge in [-0.2, -0.15) is 0 Å². The largest absolute Gasteiger partial charge is 0.393 e. The zero-order valence-corrected chi connectivity index (χ0v) is 21.1. The summed E-state index contributed by atoms with van der Waals surface area (Å²) in [6.07, 6.45) is 0.861. The molecule has 0 spiro atoms. The molecule has 2 aliphatic heterocycles. The van der Waals surface area contributed by atoms with E-state index in [-0.39, 0.29) is 49.3 Å². The quantitative estimate of drug-likeness (QED) is 0.575. The zero-order chi connectivity index (χ0) is 23.8.